The van der Waals surface area contributed by atoms with Crippen molar-refractivity contribution in [1.82, 2.24) is 24.6 Å². The quantitative estimate of drug-likeness (QED) is 0.699. The molecular weight excluding hydrogens is 345 g/mol. The lowest BCUT2D eigenvalue weighted by Crippen LogP contribution is -2.33. The van der Waals surface area contributed by atoms with E-state index in [2.05, 4.69) is 31.9 Å². The standard InChI is InChI=1S/C17H17F3N6/c1-11-3-6-25(7-4-11)15-16-22-9-14(26(16)24-10-23-15)13-8-12(2-5-21-13)17(18,19)20/h2,5,8-11H,3-4,6-7H2,1H3. The first-order valence-corrected chi connectivity index (χ1v) is 8.41. The second-order valence-corrected chi connectivity index (χ2v) is 6.56. The van der Waals surface area contributed by atoms with Gasteiger partial charge in [-0.1, -0.05) is 6.92 Å². The minimum Gasteiger partial charge on any atom is -0.353 e. The predicted molar refractivity (Wildman–Crippen MR) is 89.6 cm³/mol. The summed E-state index contributed by atoms with van der Waals surface area (Å²) in [5.74, 6) is 1.37. The molecule has 26 heavy (non-hydrogen) atoms. The first-order valence-electron chi connectivity index (χ1n) is 8.41. The molecule has 6 nitrogen and oxygen atoms in total. The molecule has 1 fully saturated rings. The summed E-state index contributed by atoms with van der Waals surface area (Å²) in [4.78, 5) is 14.9. The topological polar surface area (TPSA) is 59.2 Å². The second-order valence-electron chi connectivity index (χ2n) is 6.56. The van der Waals surface area contributed by atoms with Crippen molar-refractivity contribution in [2.75, 3.05) is 18.0 Å². The number of hydrogen-bond donors (Lipinski definition) is 0. The molecule has 0 spiro atoms. The molecule has 136 valence electrons. The Bertz CT molecular complexity index is 928. The zero-order chi connectivity index (χ0) is 18.3. The van der Waals surface area contributed by atoms with E-state index in [1.165, 1.54) is 17.0 Å². The number of hydrogen-bond acceptors (Lipinski definition) is 5. The van der Waals surface area contributed by atoms with Gasteiger partial charge < -0.3 is 4.90 Å². The Kier molecular flexibility index (Phi) is 4.01. The highest BCUT2D eigenvalue weighted by molar-refractivity contribution is 5.69. The summed E-state index contributed by atoms with van der Waals surface area (Å²) >= 11 is 0. The lowest BCUT2D eigenvalue weighted by molar-refractivity contribution is -0.137. The van der Waals surface area contributed by atoms with E-state index in [-0.39, 0.29) is 5.69 Å². The Morgan fingerprint density at radius 1 is 1.12 bits per heavy atom. The van der Waals surface area contributed by atoms with E-state index < -0.39 is 11.7 Å². The Morgan fingerprint density at radius 3 is 2.62 bits per heavy atom. The molecular formula is C17H17F3N6. The molecule has 3 aromatic heterocycles. The second kappa shape index (κ2) is 6.22. The summed E-state index contributed by atoms with van der Waals surface area (Å²) in [7, 11) is 0. The number of anilines is 1. The van der Waals surface area contributed by atoms with E-state index in [1.807, 2.05) is 0 Å². The van der Waals surface area contributed by atoms with Gasteiger partial charge in [-0.15, -0.1) is 0 Å². The minimum atomic E-state index is -4.43. The minimum absolute atomic E-state index is 0.171. The SMILES string of the molecule is CC1CCN(c2ncnn3c(-c4cc(C(F)(F)F)ccn4)cnc23)CC1. The van der Waals surface area contributed by atoms with Crippen LogP contribution in [0.15, 0.2) is 30.9 Å². The van der Waals surface area contributed by atoms with Crippen LogP contribution < -0.4 is 4.90 Å². The van der Waals surface area contributed by atoms with Crippen molar-refractivity contribution in [2.45, 2.75) is 25.9 Å². The van der Waals surface area contributed by atoms with Gasteiger partial charge in [0, 0.05) is 19.3 Å². The van der Waals surface area contributed by atoms with Gasteiger partial charge in [-0.25, -0.2) is 14.5 Å². The summed E-state index contributed by atoms with van der Waals surface area (Å²) in [6, 6.07) is 1.95. The summed E-state index contributed by atoms with van der Waals surface area (Å²) in [6.07, 6.45) is 1.74. The van der Waals surface area contributed by atoms with Crippen molar-refractivity contribution in [3.63, 3.8) is 0 Å². The van der Waals surface area contributed by atoms with Gasteiger partial charge in [0.1, 0.15) is 12.0 Å². The molecule has 0 radical (unpaired) electrons. The first-order chi connectivity index (χ1) is 12.4. The van der Waals surface area contributed by atoms with E-state index >= 15 is 0 Å². The van der Waals surface area contributed by atoms with Crippen LogP contribution >= 0.6 is 0 Å². The Balaban J connectivity index is 1.76. The van der Waals surface area contributed by atoms with Crippen LogP contribution in [0.1, 0.15) is 25.3 Å². The molecule has 0 amide bonds. The Hall–Kier alpha value is -2.71. The maximum absolute atomic E-state index is 13.0. The predicted octanol–water partition coefficient (Wildman–Crippen LogP) is 3.44. The molecule has 0 unspecified atom stereocenters. The normalized spacial score (nSPS) is 16.4. The monoisotopic (exact) mass is 362 g/mol. The van der Waals surface area contributed by atoms with Gasteiger partial charge in [0.05, 0.1) is 17.5 Å². The van der Waals surface area contributed by atoms with Crippen LogP contribution in [0.2, 0.25) is 0 Å². The Labute approximate surface area is 147 Å². The highest BCUT2D eigenvalue weighted by Crippen LogP contribution is 2.32. The van der Waals surface area contributed by atoms with Crippen LogP contribution in [0, 0.1) is 5.92 Å². The van der Waals surface area contributed by atoms with E-state index in [0.29, 0.717) is 23.1 Å². The third-order valence-corrected chi connectivity index (χ3v) is 4.72. The van der Waals surface area contributed by atoms with Gasteiger partial charge in [-0.2, -0.15) is 18.3 Å². The molecule has 1 saturated heterocycles. The van der Waals surface area contributed by atoms with Crippen molar-refractivity contribution >= 4 is 11.5 Å². The Morgan fingerprint density at radius 2 is 1.88 bits per heavy atom. The van der Waals surface area contributed by atoms with E-state index in [0.717, 1.165) is 44.3 Å². The largest absolute Gasteiger partial charge is 0.416 e. The fourth-order valence-electron chi connectivity index (χ4n) is 3.17. The third kappa shape index (κ3) is 2.97. The molecule has 0 saturated carbocycles. The number of fused-ring (bicyclic) bond motifs is 1. The van der Waals surface area contributed by atoms with Crippen molar-refractivity contribution in [2.24, 2.45) is 5.92 Å². The van der Waals surface area contributed by atoms with Crippen molar-refractivity contribution in [1.29, 1.82) is 0 Å². The van der Waals surface area contributed by atoms with Crippen LogP contribution in [0.3, 0.4) is 0 Å². The van der Waals surface area contributed by atoms with Gasteiger partial charge in [0.15, 0.2) is 11.5 Å². The van der Waals surface area contributed by atoms with Crippen LogP contribution in [-0.4, -0.2) is 37.7 Å². The number of rotatable bonds is 2. The number of piperidine rings is 1. The van der Waals surface area contributed by atoms with Gasteiger partial charge in [-0.05, 0) is 30.9 Å². The average molecular weight is 362 g/mol. The average Bonchev–Trinajstić information content (AvgIpc) is 3.06. The molecule has 9 heteroatoms. The lowest BCUT2D eigenvalue weighted by Gasteiger charge is -2.30. The number of nitrogens with zero attached hydrogens (tertiary/aromatic N) is 6. The molecule has 0 atom stereocenters. The molecule has 1 aliphatic rings. The van der Waals surface area contributed by atoms with Gasteiger partial charge >= 0.3 is 6.18 Å². The maximum Gasteiger partial charge on any atom is 0.416 e. The van der Waals surface area contributed by atoms with Crippen molar-refractivity contribution in [3.05, 3.63) is 36.4 Å². The van der Waals surface area contributed by atoms with Crippen LogP contribution in [0.4, 0.5) is 19.0 Å². The zero-order valence-electron chi connectivity index (χ0n) is 14.1. The molecule has 0 aliphatic carbocycles. The van der Waals surface area contributed by atoms with Gasteiger partial charge in [-0.3, -0.25) is 4.98 Å². The maximum atomic E-state index is 13.0. The summed E-state index contributed by atoms with van der Waals surface area (Å²) in [5, 5.41) is 4.17. The summed E-state index contributed by atoms with van der Waals surface area (Å²) in [5.41, 5.74) is 0.345. The van der Waals surface area contributed by atoms with Gasteiger partial charge in [0.2, 0.25) is 0 Å². The highest BCUT2D eigenvalue weighted by atomic mass is 19.4. The third-order valence-electron chi connectivity index (χ3n) is 4.72. The number of imidazole rings is 1. The number of halogens is 3. The van der Waals surface area contributed by atoms with Gasteiger partial charge in [0.25, 0.3) is 0 Å². The fourth-order valence-corrected chi connectivity index (χ4v) is 3.17. The number of aromatic nitrogens is 5. The molecule has 0 aromatic carbocycles. The van der Waals surface area contributed by atoms with E-state index in [1.54, 1.807) is 0 Å². The van der Waals surface area contributed by atoms with Crippen molar-refractivity contribution < 1.29 is 13.2 Å². The molecule has 4 heterocycles. The van der Waals surface area contributed by atoms with Crippen LogP contribution in [-0.2, 0) is 6.18 Å². The number of alkyl halides is 3. The first kappa shape index (κ1) is 16.7. The molecule has 1 aliphatic heterocycles. The van der Waals surface area contributed by atoms with Crippen molar-refractivity contribution in [3.8, 4) is 11.4 Å². The zero-order valence-corrected chi connectivity index (χ0v) is 14.1. The van der Waals surface area contributed by atoms with Crippen LogP contribution in [0.5, 0.6) is 0 Å². The highest BCUT2D eigenvalue weighted by Gasteiger charge is 2.31. The number of pyridine rings is 1. The van der Waals surface area contributed by atoms with Crippen LogP contribution in [0.25, 0.3) is 17.0 Å². The molecule has 0 bridgehead atoms. The molecule has 3 aromatic rings. The van der Waals surface area contributed by atoms with E-state index in [9.17, 15) is 13.2 Å². The smallest absolute Gasteiger partial charge is 0.353 e. The molecule has 4 rings (SSSR count). The fraction of sp³-hybridized carbons (Fsp3) is 0.412. The lowest BCUT2D eigenvalue weighted by atomic mass is 9.99. The molecule has 0 N–H and O–H groups in total. The van der Waals surface area contributed by atoms with E-state index in [4.69, 9.17) is 0 Å². The summed E-state index contributed by atoms with van der Waals surface area (Å²) in [6.45, 7) is 3.97. The summed E-state index contributed by atoms with van der Waals surface area (Å²) < 4.78 is 40.4.